The van der Waals surface area contributed by atoms with E-state index in [1.807, 2.05) is 0 Å². The van der Waals surface area contributed by atoms with Gasteiger partial charge in [0.1, 0.15) is 0 Å². The molecule has 1 aromatic carbocycles. The third-order valence-electron chi connectivity index (χ3n) is 2.49. The Bertz CT molecular complexity index is 259. The summed E-state index contributed by atoms with van der Waals surface area (Å²) in [5, 5.41) is 0. The van der Waals surface area contributed by atoms with E-state index >= 15 is 0 Å². The highest BCUT2D eigenvalue weighted by Crippen LogP contribution is 2.20. The first-order valence-corrected chi connectivity index (χ1v) is 5.60. The maximum absolute atomic E-state index is 2.35. The van der Waals surface area contributed by atoms with Gasteiger partial charge in [0, 0.05) is 5.92 Å². The number of rotatable bonds is 5. The molecule has 0 saturated carbocycles. The summed E-state index contributed by atoms with van der Waals surface area (Å²) < 4.78 is 0. The molecule has 0 amide bonds. The molecular formula is C14H20. The van der Waals surface area contributed by atoms with E-state index in [4.69, 9.17) is 0 Å². The smallest absolute Gasteiger partial charge is 0.00153 e. The van der Waals surface area contributed by atoms with Crippen LogP contribution in [0.5, 0.6) is 0 Å². The summed E-state index contributed by atoms with van der Waals surface area (Å²) >= 11 is 0. The van der Waals surface area contributed by atoms with Crippen molar-refractivity contribution < 1.29 is 0 Å². The fraction of sp³-hybridized carbons (Fsp3) is 0.429. The van der Waals surface area contributed by atoms with Crippen molar-refractivity contribution in [3.63, 3.8) is 0 Å². The molecule has 0 aromatic heterocycles. The Labute approximate surface area is 87.7 Å². The van der Waals surface area contributed by atoms with E-state index < -0.39 is 0 Å². The van der Waals surface area contributed by atoms with Crippen LogP contribution < -0.4 is 0 Å². The SMILES string of the molecule is CCC/C=C/C(CC)c1ccccc1. The van der Waals surface area contributed by atoms with Gasteiger partial charge in [-0.15, -0.1) is 0 Å². The molecule has 0 spiro atoms. The van der Waals surface area contributed by atoms with Crippen LogP contribution in [0.3, 0.4) is 0 Å². The Balaban J connectivity index is 2.63. The standard InChI is InChI=1S/C14H20/c1-3-5-7-10-13(4-2)14-11-8-6-9-12-14/h6-13H,3-5H2,1-2H3/b10-7+. The first kappa shape index (κ1) is 11.0. The van der Waals surface area contributed by atoms with Crippen molar-refractivity contribution in [1.29, 1.82) is 0 Å². The molecule has 0 nitrogen and oxygen atoms in total. The van der Waals surface area contributed by atoms with Gasteiger partial charge in [-0.3, -0.25) is 0 Å². The summed E-state index contributed by atoms with van der Waals surface area (Å²) in [6.45, 7) is 4.46. The minimum Gasteiger partial charge on any atom is -0.0879 e. The van der Waals surface area contributed by atoms with Gasteiger partial charge >= 0.3 is 0 Å². The maximum Gasteiger partial charge on any atom is 0.00153 e. The Morgan fingerprint density at radius 3 is 2.43 bits per heavy atom. The lowest BCUT2D eigenvalue weighted by molar-refractivity contribution is 0.797. The van der Waals surface area contributed by atoms with E-state index in [0.29, 0.717) is 5.92 Å². The molecule has 14 heavy (non-hydrogen) atoms. The van der Waals surface area contributed by atoms with Gasteiger partial charge < -0.3 is 0 Å². The largest absolute Gasteiger partial charge is 0.0879 e. The fourth-order valence-corrected chi connectivity index (χ4v) is 1.61. The Kier molecular flexibility index (Phi) is 5.06. The van der Waals surface area contributed by atoms with E-state index in [9.17, 15) is 0 Å². The van der Waals surface area contributed by atoms with Crippen molar-refractivity contribution in [2.75, 3.05) is 0 Å². The van der Waals surface area contributed by atoms with Gasteiger partial charge in [0.15, 0.2) is 0 Å². The van der Waals surface area contributed by atoms with E-state index in [2.05, 4.69) is 56.3 Å². The fourth-order valence-electron chi connectivity index (χ4n) is 1.61. The quantitative estimate of drug-likeness (QED) is 0.595. The minimum absolute atomic E-state index is 0.600. The molecule has 1 unspecified atom stereocenters. The molecule has 0 aliphatic rings. The summed E-state index contributed by atoms with van der Waals surface area (Å²) in [6, 6.07) is 10.7. The van der Waals surface area contributed by atoms with Crippen molar-refractivity contribution in [2.45, 2.75) is 39.0 Å². The Morgan fingerprint density at radius 1 is 1.14 bits per heavy atom. The van der Waals surface area contributed by atoms with Crippen LogP contribution in [0.1, 0.15) is 44.6 Å². The lowest BCUT2D eigenvalue weighted by Gasteiger charge is -2.09. The Hall–Kier alpha value is -1.04. The minimum atomic E-state index is 0.600. The molecule has 1 rings (SSSR count). The van der Waals surface area contributed by atoms with Crippen LogP contribution in [0.25, 0.3) is 0 Å². The van der Waals surface area contributed by atoms with Crippen LogP contribution in [-0.2, 0) is 0 Å². The van der Waals surface area contributed by atoms with Crippen molar-refractivity contribution in [3.8, 4) is 0 Å². The normalized spacial score (nSPS) is 13.3. The van der Waals surface area contributed by atoms with Crippen molar-refractivity contribution in [3.05, 3.63) is 48.0 Å². The molecule has 0 N–H and O–H groups in total. The average Bonchev–Trinajstić information content (AvgIpc) is 2.26. The monoisotopic (exact) mass is 188 g/mol. The summed E-state index contributed by atoms with van der Waals surface area (Å²) in [4.78, 5) is 0. The molecule has 0 bridgehead atoms. The number of hydrogen-bond acceptors (Lipinski definition) is 0. The molecular weight excluding hydrogens is 168 g/mol. The second-order valence-electron chi connectivity index (χ2n) is 3.64. The first-order chi connectivity index (χ1) is 6.88. The second kappa shape index (κ2) is 6.42. The Morgan fingerprint density at radius 2 is 1.86 bits per heavy atom. The highest BCUT2D eigenvalue weighted by atomic mass is 14.1. The van der Waals surface area contributed by atoms with Gasteiger partial charge in [-0.2, -0.15) is 0 Å². The molecule has 0 heteroatoms. The van der Waals surface area contributed by atoms with Crippen LogP contribution in [0.2, 0.25) is 0 Å². The topological polar surface area (TPSA) is 0 Å². The number of hydrogen-bond donors (Lipinski definition) is 0. The zero-order valence-electron chi connectivity index (χ0n) is 9.24. The number of benzene rings is 1. The van der Waals surface area contributed by atoms with Crippen LogP contribution in [0, 0.1) is 0 Å². The van der Waals surface area contributed by atoms with Gasteiger partial charge in [0.05, 0.1) is 0 Å². The van der Waals surface area contributed by atoms with Gasteiger partial charge in [-0.1, -0.05) is 62.8 Å². The van der Waals surface area contributed by atoms with E-state index in [1.165, 1.54) is 24.8 Å². The van der Waals surface area contributed by atoms with Gasteiger partial charge in [0.2, 0.25) is 0 Å². The van der Waals surface area contributed by atoms with Crippen molar-refractivity contribution in [1.82, 2.24) is 0 Å². The van der Waals surface area contributed by atoms with Crippen LogP contribution in [-0.4, -0.2) is 0 Å². The molecule has 1 aromatic rings. The molecule has 0 saturated heterocycles. The summed E-state index contributed by atoms with van der Waals surface area (Å²) in [5.41, 5.74) is 1.43. The summed E-state index contributed by atoms with van der Waals surface area (Å²) in [6.07, 6.45) is 8.27. The summed E-state index contributed by atoms with van der Waals surface area (Å²) in [7, 11) is 0. The van der Waals surface area contributed by atoms with Crippen LogP contribution >= 0.6 is 0 Å². The lowest BCUT2D eigenvalue weighted by Crippen LogP contribution is -1.92. The molecule has 0 radical (unpaired) electrons. The predicted octanol–water partition coefficient (Wildman–Crippen LogP) is 4.54. The zero-order chi connectivity index (χ0) is 10.2. The van der Waals surface area contributed by atoms with Gasteiger partial charge in [0.25, 0.3) is 0 Å². The molecule has 0 aliphatic carbocycles. The van der Waals surface area contributed by atoms with Crippen molar-refractivity contribution >= 4 is 0 Å². The molecule has 0 fully saturated rings. The van der Waals surface area contributed by atoms with Gasteiger partial charge in [-0.25, -0.2) is 0 Å². The molecule has 76 valence electrons. The number of unbranched alkanes of at least 4 members (excludes halogenated alkanes) is 1. The molecule has 0 aliphatic heterocycles. The zero-order valence-corrected chi connectivity index (χ0v) is 9.24. The molecule has 0 heterocycles. The highest BCUT2D eigenvalue weighted by Gasteiger charge is 2.02. The second-order valence-corrected chi connectivity index (χ2v) is 3.64. The average molecular weight is 188 g/mol. The van der Waals surface area contributed by atoms with E-state index in [0.717, 1.165) is 0 Å². The van der Waals surface area contributed by atoms with E-state index in [-0.39, 0.29) is 0 Å². The highest BCUT2D eigenvalue weighted by molar-refractivity contribution is 5.23. The van der Waals surface area contributed by atoms with Crippen LogP contribution in [0.15, 0.2) is 42.5 Å². The van der Waals surface area contributed by atoms with Gasteiger partial charge in [-0.05, 0) is 18.4 Å². The maximum atomic E-state index is 2.35. The van der Waals surface area contributed by atoms with Crippen molar-refractivity contribution in [2.24, 2.45) is 0 Å². The third-order valence-corrected chi connectivity index (χ3v) is 2.49. The third kappa shape index (κ3) is 3.37. The van der Waals surface area contributed by atoms with Crippen LogP contribution in [0.4, 0.5) is 0 Å². The lowest BCUT2D eigenvalue weighted by atomic mass is 9.96. The molecule has 1 atom stereocenters. The summed E-state index contributed by atoms with van der Waals surface area (Å²) in [5.74, 6) is 0.600. The predicted molar refractivity (Wildman–Crippen MR) is 63.5 cm³/mol. The first-order valence-electron chi connectivity index (χ1n) is 5.60. The van der Waals surface area contributed by atoms with E-state index in [1.54, 1.807) is 0 Å². The number of allylic oxidation sites excluding steroid dienone is 2.